The van der Waals surface area contributed by atoms with Crippen molar-refractivity contribution >= 4 is 27.5 Å². The number of rotatable bonds is 0. The zero-order valence-electron chi connectivity index (χ0n) is 4.74. The molecule has 0 nitrogen and oxygen atoms in total. The largest absolute Gasteiger partial charge is 0.122 e. The minimum Gasteiger partial charge on any atom is -0.122 e. The fourth-order valence-electron chi connectivity index (χ4n) is 1.04. The van der Waals surface area contributed by atoms with Gasteiger partial charge in [-0.05, 0) is 12.8 Å². The molecule has 0 spiro atoms. The molecular formula is C6H10BrCl. The Morgan fingerprint density at radius 3 is 2.25 bits per heavy atom. The second-order valence-corrected chi connectivity index (χ2v) is 4.05. The van der Waals surface area contributed by atoms with E-state index in [0.29, 0.717) is 10.2 Å². The maximum atomic E-state index is 5.92. The number of hydrogen-bond donors (Lipinski definition) is 0. The van der Waals surface area contributed by atoms with Gasteiger partial charge >= 0.3 is 0 Å². The van der Waals surface area contributed by atoms with Crippen molar-refractivity contribution in [2.75, 3.05) is 0 Å². The van der Waals surface area contributed by atoms with Crippen LogP contribution in [0, 0.1) is 0 Å². The van der Waals surface area contributed by atoms with E-state index in [9.17, 15) is 0 Å². The first kappa shape index (κ1) is 6.88. The topological polar surface area (TPSA) is 0 Å². The summed E-state index contributed by atoms with van der Waals surface area (Å²) in [5, 5.41) is 0.392. The van der Waals surface area contributed by atoms with E-state index in [0.717, 1.165) is 0 Å². The molecule has 1 saturated carbocycles. The van der Waals surface area contributed by atoms with Gasteiger partial charge in [-0.15, -0.1) is 11.6 Å². The van der Waals surface area contributed by atoms with Crippen LogP contribution in [0.2, 0.25) is 0 Å². The molecule has 0 heterocycles. The van der Waals surface area contributed by atoms with Crippen LogP contribution in [0.25, 0.3) is 0 Å². The molecule has 1 rings (SSSR count). The standard InChI is InChI=1S/C6H10BrCl/c7-5-3-1-2-4-6(5)8/h5-6H,1-4H2/t5-,6+/m1/s1. The van der Waals surface area contributed by atoms with Crippen molar-refractivity contribution in [2.24, 2.45) is 0 Å². The molecule has 2 heteroatoms. The molecule has 0 saturated heterocycles. The third kappa shape index (κ3) is 1.63. The predicted octanol–water partition coefficient (Wildman–Crippen LogP) is 2.93. The molecule has 0 aromatic carbocycles. The van der Waals surface area contributed by atoms with Gasteiger partial charge in [0.2, 0.25) is 0 Å². The fourth-order valence-corrected chi connectivity index (χ4v) is 1.91. The third-order valence-electron chi connectivity index (χ3n) is 1.60. The lowest BCUT2D eigenvalue weighted by Crippen LogP contribution is -2.18. The van der Waals surface area contributed by atoms with Gasteiger partial charge in [-0.1, -0.05) is 28.8 Å². The Kier molecular flexibility index (Phi) is 2.64. The summed E-state index contributed by atoms with van der Waals surface area (Å²) < 4.78 is 0. The average molecular weight is 198 g/mol. The molecule has 0 N–H and O–H groups in total. The molecule has 0 radical (unpaired) electrons. The van der Waals surface area contributed by atoms with E-state index in [4.69, 9.17) is 11.6 Å². The summed E-state index contributed by atoms with van der Waals surface area (Å²) in [5.74, 6) is 0. The molecule has 0 unspecified atom stereocenters. The summed E-state index contributed by atoms with van der Waals surface area (Å²) in [6.45, 7) is 0. The van der Waals surface area contributed by atoms with Crippen LogP contribution in [0.5, 0.6) is 0 Å². The van der Waals surface area contributed by atoms with Crippen molar-refractivity contribution in [3.63, 3.8) is 0 Å². The van der Waals surface area contributed by atoms with Crippen molar-refractivity contribution in [3.05, 3.63) is 0 Å². The highest BCUT2D eigenvalue weighted by atomic mass is 79.9. The predicted molar refractivity (Wildman–Crippen MR) is 40.8 cm³/mol. The Morgan fingerprint density at radius 1 is 1.25 bits per heavy atom. The molecule has 0 bridgehead atoms. The molecule has 0 aromatic heterocycles. The summed E-state index contributed by atoms with van der Waals surface area (Å²) in [6, 6.07) is 0. The third-order valence-corrected chi connectivity index (χ3v) is 3.53. The van der Waals surface area contributed by atoms with Crippen LogP contribution in [0.15, 0.2) is 0 Å². The van der Waals surface area contributed by atoms with Gasteiger partial charge in [-0.3, -0.25) is 0 Å². The first-order valence-electron chi connectivity index (χ1n) is 3.09. The van der Waals surface area contributed by atoms with E-state index in [1.165, 1.54) is 25.7 Å². The van der Waals surface area contributed by atoms with E-state index in [-0.39, 0.29) is 0 Å². The van der Waals surface area contributed by atoms with Gasteiger partial charge in [-0.2, -0.15) is 0 Å². The monoisotopic (exact) mass is 196 g/mol. The minimum atomic E-state index is 0.392. The van der Waals surface area contributed by atoms with Crippen molar-refractivity contribution in [2.45, 2.75) is 35.9 Å². The number of alkyl halides is 2. The molecular weight excluding hydrogens is 187 g/mol. The normalized spacial score (nSPS) is 39.8. The summed E-state index contributed by atoms with van der Waals surface area (Å²) >= 11 is 9.44. The van der Waals surface area contributed by atoms with Crippen molar-refractivity contribution < 1.29 is 0 Å². The zero-order chi connectivity index (χ0) is 5.98. The van der Waals surface area contributed by atoms with Gasteiger partial charge in [0, 0.05) is 10.2 Å². The van der Waals surface area contributed by atoms with E-state index in [2.05, 4.69) is 15.9 Å². The molecule has 1 aliphatic carbocycles. The summed E-state index contributed by atoms with van der Waals surface area (Å²) in [4.78, 5) is 0.581. The average Bonchev–Trinajstić information content (AvgIpc) is 1.77. The Labute approximate surface area is 63.7 Å². The fraction of sp³-hybridized carbons (Fsp3) is 1.00. The van der Waals surface area contributed by atoms with E-state index in [1.54, 1.807) is 0 Å². The van der Waals surface area contributed by atoms with Crippen LogP contribution >= 0.6 is 27.5 Å². The number of halogens is 2. The van der Waals surface area contributed by atoms with E-state index in [1.807, 2.05) is 0 Å². The second-order valence-electron chi connectivity index (χ2n) is 2.32. The van der Waals surface area contributed by atoms with E-state index >= 15 is 0 Å². The Hall–Kier alpha value is 0.770. The molecule has 8 heavy (non-hydrogen) atoms. The highest BCUT2D eigenvalue weighted by molar-refractivity contribution is 9.09. The lowest BCUT2D eigenvalue weighted by atomic mass is 10.0. The Balaban J connectivity index is 2.28. The molecule has 1 fully saturated rings. The van der Waals surface area contributed by atoms with Crippen LogP contribution in [-0.4, -0.2) is 10.2 Å². The van der Waals surface area contributed by atoms with Crippen LogP contribution in [0.3, 0.4) is 0 Å². The summed E-state index contributed by atoms with van der Waals surface area (Å²) in [5.41, 5.74) is 0. The van der Waals surface area contributed by atoms with E-state index < -0.39 is 0 Å². The minimum absolute atomic E-state index is 0.392. The van der Waals surface area contributed by atoms with Gasteiger partial charge in [0.25, 0.3) is 0 Å². The molecule has 1 aliphatic rings. The highest BCUT2D eigenvalue weighted by Crippen LogP contribution is 2.27. The quantitative estimate of drug-likeness (QED) is 0.524. The first-order chi connectivity index (χ1) is 3.80. The summed E-state index contributed by atoms with van der Waals surface area (Å²) in [7, 11) is 0. The van der Waals surface area contributed by atoms with Crippen molar-refractivity contribution in [1.29, 1.82) is 0 Å². The van der Waals surface area contributed by atoms with Crippen LogP contribution in [0.4, 0.5) is 0 Å². The molecule has 0 aliphatic heterocycles. The van der Waals surface area contributed by atoms with Gasteiger partial charge in [0.15, 0.2) is 0 Å². The lowest BCUT2D eigenvalue weighted by Gasteiger charge is -2.20. The van der Waals surface area contributed by atoms with Crippen molar-refractivity contribution in [3.8, 4) is 0 Å². The second kappa shape index (κ2) is 3.07. The number of hydrogen-bond acceptors (Lipinski definition) is 0. The molecule has 0 amide bonds. The van der Waals surface area contributed by atoms with Crippen molar-refractivity contribution in [1.82, 2.24) is 0 Å². The van der Waals surface area contributed by atoms with Crippen LogP contribution < -0.4 is 0 Å². The van der Waals surface area contributed by atoms with Gasteiger partial charge in [0.05, 0.1) is 0 Å². The van der Waals surface area contributed by atoms with Crippen LogP contribution in [-0.2, 0) is 0 Å². The van der Waals surface area contributed by atoms with Gasteiger partial charge in [-0.25, -0.2) is 0 Å². The zero-order valence-corrected chi connectivity index (χ0v) is 7.08. The maximum absolute atomic E-state index is 5.92. The van der Waals surface area contributed by atoms with Crippen LogP contribution in [0.1, 0.15) is 25.7 Å². The Morgan fingerprint density at radius 2 is 1.88 bits per heavy atom. The maximum Gasteiger partial charge on any atom is 0.0461 e. The highest BCUT2D eigenvalue weighted by Gasteiger charge is 2.19. The van der Waals surface area contributed by atoms with Gasteiger partial charge < -0.3 is 0 Å². The molecule has 48 valence electrons. The molecule has 0 aromatic rings. The lowest BCUT2D eigenvalue weighted by molar-refractivity contribution is 0.528. The molecule has 2 atom stereocenters. The van der Waals surface area contributed by atoms with Gasteiger partial charge in [0.1, 0.15) is 0 Å². The Bertz CT molecular complexity index is 64.9. The SMILES string of the molecule is Cl[C@H]1CCCC[C@H]1Br. The smallest absolute Gasteiger partial charge is 0.0461 e. The summed E-state index contributed by atoms with van der Waals surface area (Å²) in [6.07, 6.45) is 5.11. The first-order valence-corrected chi connectivity index (χ1v) is 4.44.